The maximum absolute atomic E-state index is 5.78. The van der Waals surface area contributed by atoms with Gasteiger partial charge >= 0.3 is 0 Å². The molecule has 2 aliphatic heterocycles. The van der Waals surface area contributed by atoms with Gasteiger partial charge in [0, 0.05) is 6.54 Å². The minimum Gasteiger partial charge on any atom is -0.492 e. The zero-order chi connectivity index (χ0) is 13.9. The highest BCUT2D eigenvalue weighted by Crippen LogP contribution is 2.17. The van der Waals surface area contributed by atoms with Crippen molar-refractivity contribution >= 4 is 12.3 Å². The molecule has 0 bridgehead atoms. The predicted molar refractivity (Wildman–Crippen MR) is 80.1 cm³/mol. The maximum Gasteiger partial charge on any atom is 0.241 e. The first-order chi connectivity index (χ1) is 9.72. The van der Waals surface area contributed by atoms with Crippen molar-refractivity contribution in [3.8, 4) is 5.75 Å². The third-order valence-electron chi connectivity index (χ3n) is 3.52. The van der Waals surface area contributed by atoms with Gasteiger partial charge in [0.25, 0.3) is 0 Å². The van der Waals surface area contributed by atoms with Gasteiger partial charge < -0.3 is 4.74 Å². The molecule has 1 aromatic carbocycles. The first-order valence-electron chi connectivity index (χ1n) is 7.08. The van der Waals surface area contributed by atoms with Gasteiger partial charge in [0.15, 0.2) is 0 Å². The summed E-state index contributed by atoms with van der Waals surface area (Å²) in [7, 11) is 0. The number of aryl methyl sites for hydroxylation is 1. The molecule has 0 spiro atoms. The summed E-state index contributed by atoms with van der Waals surface area (Å²) in [6.07, 6.45) is 2.92. The number of rotatable bonds is 4. The molecule has 0 saturated heterocycles. The van der Waals surface area contributed by atoms with E-state index in [0.29, 0.717) is 12.6 Å². The Bertz CT molecular complexity index is 540. The monoisotopic (exact) mass is 272 g/mol. The number of benzene rings is 1. The van der Waals surface area contributed by atoms with Crippen LogP contribution in [-0.4, -0.2) is 48.1 Å². The Morgan fingerprint density at radius 1 is 1.40 bits per heavy atom. The van der Waals surface area contributed by atoms with Crippen molar-refractivity contribution in [1.82, 2.24) is 10.0 Å². The van der Waals surface area contributed by atoms with Crippen LogP contribution in [0.2, 0.25) is 0 Å². The lowest BCUT2D eigenvalue weighted by molar-refractivity contribution is 0.114. The molecular weight excluding hydrogens is 252 g/mol. The second-order valence-electron chi connectivity index (χ2n) is 5.26. The Kier molecular flexibility index (Phi) is 3.58. The molecule has 5 heteroatoms. The number of hydrogen-bond acceptors (Lipinski definition) is 5. The molecule has 0 saturated carbocycles. The Labute approximate surface area is 119 Å². The van der Waals surface area contributed by atoms with Gasteiger partial charge in [-0.1, -0.05) is 12.1 Å². The molecule has 0 aliphatic carbocycles. The second-order valence-corrected chi connectivity index (χ2v) is 5.26. The Morgan fingerprint density at radius 2 is 2.30 bits per heavy atom. The van der Waals surface area contributed by atoms with Crippen molar-refractivity contribution in [2.45, 2.75) is 26.3 Å². The van der Waals surface area contributed by atoms with Crippen LogP contribution in [0.25, 0.3) is 0 Å². The van der Waals surface area contributed by atoms with E-state index in [2.05, 4.69) is 39.9 Å². The largest absolute Gasteiger partial charge is 0.492 e. The molecule has 2 heterocycles. The lowest BCUT2D eigenvalue weighted by Crippen LogP contribution is -2.45. The van der Waals surface area contributed by atoms with Gasteiger partial charge in [-0.25, -0.2) is 9.98 Å². The first-order valence-corrected chi connectivity index (χ1v) is 7.08. The van der Waals surface area contributed by atoms with Crippen LogP contribution in [0.3, 0.4) is 0 Å². The highest BCUT2D eigenvalue weighted by molar-refractivity contribution is 5.92. The maximum atomic E-state index is 5.78. The predicted octanol–water partition coefficient (Wildman–Crippen LogP) is 2.08. The molecule has 1 atom stereocenters. The summed E-state index contributed by atoms with van der Waals surface area (Å²) >= 11 is 0. The summed E-state index contributed by atoms with van der Waals surface area (Å²) in [5, 5.41) is 4.21. The summed E-state index contributed by atoms with van der Waals surface area (Å²) in [6, 6.07) is 8.49. The van der Waals surface area contributed by atoms with Crippen molar-refractivity contribution in [3.05, 3.63) is 29.8 Å². The van der Waals surface area contributed by atoms with E-state index in [1.807, 2.05) is 24.5 Å². The van der Waals surface area contributed by atoms with E-state index < -0.39 is 0 Å². The molecule has 1 aromatic rings. The number of fused-ring (bicyclic) bond motifs is 1. The fourth-order valence-electron chi connectivity index (χ4n) is 2.40. The van der Waals surface area contributed by atoms with Crippen molar-refractivity contribution in [3.63, 3.8) is 0 Å². The van der Waals surface area contributed by atoms with Crippen LogP contribution >= 0.6 is 0 Å². The van der Waals surface area contributed by atoms with Gasteiger partial charge in [-0.05, 0) is 38.0 Å². The third kappa shape index (κ3) is 2.76. The molecule has 0 radical (unpaired) electrons. The Hall–Kier alpha value is -2.04. The summed E-state index contributed by atoms with van der Waals surface area (Å²) in [5.74, 6) is 1.75. The SMILES string of the molecule is Cc1cccc(OCCN2C=NC3=NC(C)CCN32)c1. The fraction of sp³-hybridized carbons (Fsp3) is 0.467. The van der Waals surface area contributed by atoms with Crippen LogP contribution in [-0.2, 0) is 0 Å². The number of ether oxygens (including phenoxy) is 1. The van der Waals surface area contributed by atoms with E-state index >= 15 is 0 Å². The van der Waals surface area contributed by atoms with Crippen molar-refractivity contribution in [2.24, 2.45) is 9.98 Å². The summed E-state index contributed by atoms with van der Waals surface area (Å²) in [5.41, 5.74) is 1.21. The number of guanidine groups is 1. The van der Waals surface area contributed by atoms with Gasteiger partial charge in [-0.3, -0.25) is 10.0 Å². The molecular formula is C15H20N4O. The number of nitrogens with zero attached hydrogens (tertiary/aromatic N) is 4. The van der Waals surface area contributed by atoms with Gasteiger partial charge in [0.1, 0.15) is 18.7 Å². The minimum absolute atomic E-state index is 0.377. The molecule has 3 rings (SSSR count). The molecule has 5 nitrogen and oxygen atoms in total. The van der Waals surface area contributed by atoms with Crippen molar-refractivity contribution < 1.29 is 4.74 Å². The number of hydrogen-bond donors (Lipinski definition) is 0. The molecule has 106 valence electrons. The van der Waals surface area contributed by atoms with Gasteiger partial charge in [0.05, 0.1) is 12.6 Å². The smallest absolute Gasteiger partial charge is 0.241 e. The average molecular weight is 272 g/mol. The van der Waals surface area contributed by atoms with Crippen LogP contribution in [0.5, 0.6) is 5.75 Å². The normalized spacial score (nSPS) is 20.9. The second kappa shape index (κ2) is 5.53. The van der Waals surface area contributed by atoms with E-state index in [1.165, 1.54) is 5.56 Å². The van der Waals surface area contributed by atoms with Gasteiger partial charge in [0.2, 0.25) is 5.96 Å². The highest BCUT2D eigenvalue weighted by atomic mass is 16.5. The lowest BCUT2D eigenvalue weighted by atomic mass is 10.2. The molecule has 0 aromatic heterocycles. The van der Waals surface area contributed by atoms with E-state index in [4.69, 9.17) is 4.74 Å². The first kappa shape index (κ1) is 13.0. The number of hydrazine groups is 1. The van der Waals surface area contributed by atoms with E-state index in [1.54, 1.807) is 0 Å². The Balaban J connectivity index is 1.53. The molecule has 0 fully saturated rings. The quantitative estimate of drug-likeness (QED) is 0.842. The van der Waals surface area contributed by atoms with E-state index in [0.717, 1.165) is 31.2 Å². The van der Waals surface area contributed by atoms with Crippen LogP contribution < -0.4 is 4.74 Å². The van der Waals surface area contributed by atoms with Crippen molar-refractivity contribution in [1.29, 1.82) is 0 Å². The van der Waals surface area contributed by atoms with Crippen LogP contribution in [0, 0.1) is 6.92 Å². The summed E-state index contributed by atoms with van der Waals surface area (Å²) < 4.78 is 5.78. The zero-order valence-corrected chi connectivity index (χ0v) is 12.0. The molecule has 0 N–H and O–H groups in total. The topological polar surface area (TPSA) is 40.4 Å². The van der Waals surface area contributed by atoms with Crippen molar-refractivity contribution in [2.75, 3.05) is 19.7 Å². The van der Waals surface area contributed by atoms with Crippen LogP contribution in [0.4, 0.5) is 0 Å². The van der Waals surface area contributed by atoms with E-state index in [9.17, 15) is 0 Å². The van der Waals surface area contributed by atoms with E-state index in [-0.39, 0.29) is 0 Å². The van der Waals surface area contributed by atoms with Crippen LogP contribution in [0.1, 0.15) is 18.9 Å². The fourth-order valence-corrected chi connectivity index (χ4v) is 2.40. The molecule has 1 unspecified atom stereocenters. The van der Waals surface area contributed by atoms with Gasteiger partial charge in [-0.15, -0.1) is 0 Å². The molecule has 0 amide bonds. The Morgan fingerprint density at radius 3 is 3.15 bits per heavy atom. The highest BCUT2D eigenvalue weighted by Gasteiger charge is 2.26. The lowest BCUT2D eigenvalue weighted by Gasteiger charge is -2.32. The third-order valence-corrected chi connectivity index (χ3v) is 3.52. The van der Waals surface area contributed by atoms with Crippen LogP contribution in [0.15, 0.2) is 34.3 Å². The molecule has 20 heavy (non-hydrogen) atoms. The number of aliphatic imine (C=N–C) groups is 2. The summed E-state index contributed by atoms with van der Waals surface area (Å²) in [4.78, 5) is 8.89. The summed E-state index contributed by atoms with van der Waals surface area (Å²) in [6.45, 7) is 6.59. The minimum atomic E-state index is 0.377. The standard InChI is InChI=1S/C15H20N4O/c1-12-4-3-5-14(10-12)20-9-8-18-11-16-15-17-13(2)6-7-19(15)18/h3-5,10-11,13H,6-9H2,1-2H3. The average Bonchev–Trinajstić information content (AvgIpc) is 2.81. The van der Waals surface area contributed by atoms with Gasteiger partial charge in [-0.2, -0.15) is 0 Å². The molecule has 2 aliphatic rings. The zero-order valence-electron chi connectivity index (χ0n) is 12.0.